The molecule has 0 aliphatic heterocycles. The first-order chi connectivity index (χ1) is 11.5. The van der Waals surface area contributed by atoms with Crippen LogP contribution in [0.2, 0.25) is 0 Å². The standard InChI is InChI=1S/C15H20N6O2S/c1-3-21(4-2)13(23)10-6-5-7-11(8-10)17-12(22)9-24-15-18-14(16)19-20-15/h5-8H,3-4,9H2,1-2H3,(H,17,22)(H3,16,18,19,20). The van der Waals surface area contributed by atoms with E-state index in [2.05, 4.69) is 20.5 Å². The summed E-state index contributed by atoms with van der Waals surface area (Å²) >= 11 is 1.17. The predicted octanol–water partition coefficient (Wildman–Crippen LogP) is 1.60. The van der Waals surface area contributed by atoms with Crippen LogP contribution in [-0.2, 0) is 4.79 Å². The number of nitrogens with one attached hydrogen (secondary N) is 2. The van der Waals surface area contributed by atoms with E-state index in [1.807, 2.05) is 13.8 Å². The number of carbonyl (C=O) groups excluding carboxylic acids is 2. The molecule has 0 radical (unpaired) electrons. The number of anilines is 2. The Morgan fingerprint density at radius 1 is 1.33 bits per heavy atom. The Kier molecular flexibility index (Phi) is 6.19. The number of benzene rings is 1. The third-order valence-electron chi connectivity index (χ3n) is 3.26. The van der Waals surface area contributed by atoms with Crippen molar-refractivity contribution in [1.82, 2.24) is 20.1 Å². The van der Waals surface area contributed by atoms with E-state index >= 15 is 0 Å². The Morgan fingerprint density at radius 2 is 2.08 bits per heavy atom. The van der Waals surface area contributed by atoms with Gasteiger partial charge in [-0.15, -0.1) is 5.10 Å². The van der Waals surface area contributed by atoms with Gasteiger partial charge in [0.05, 0.1) is 5.75 Å². The minimum atomic E-state index is -0.212. The molecular formula is C15H20N6O2S. The fourth-order valence-electron chi connectivity index (χ4n) is 2.07. The van der Waals surface area contributed by atoms with Crippen LogP contribution in [-0.4, -0.2) is 50.7 Å². The first-order valence-corrected chi connectivity index (χ1v) is 8.51. The van der Waals surface area contributed by atoms with E-state index in [0.29, 0.717) is 29.5 Å². The number of hydrogen-bond acceptors (Lipinski definition) is 6. The van der Waals surface area contributed by atoms with E-state index in [1.165, 1.54) is 11.8 Å². The Bertz CT molecular complexity index is 713. The highest BCUT2D eigenvalue weighted by molar-refractivity contribution is 7.99. The average Bonchev–Trinajstić information content (AvgIpc) is 3.00. The molecule has 0 spiro atoms. The Balaban J connectivity index is 1.95. The fourth-order valence-corrected chi connectivity index (χ4v) is 2.68. The molecule has 4 N–H and O–H groups in total. The van der Waals surface area contributed by atoms with Gasteiger partial charge in [0.1, 0.15) is 0 Å². The maximum absolute atomic E-state index is 12.3. The average molecular weight is 348 g/mol. The van der Waals surface area contributed by atoms with Gasteiger partial charge < -0.3 is 16.0 Å². The molecular weight excluding hydrogens is 328 g/mol. The minimum Gasteiger partial charge on any atom is -0.368 e. The molecule has 2 aromatic rings. The smallest absolute Gasteiger partial charge is 0.253 e. The monoisotopic (exact) mass is 348 g/mol. The van der Waals surface area contributed by atoms with Crippen molar-refractivity contribution in [3.63, 3.8) is 0 Å². The molecule has 2 rings (SSSR count). The lowest BCUT2D eigenvalue weighted by Gasteiger charge is -2.19. The molecule has 0 bridgehead atoms. The van der Waals surface area contributed by atoms with Crippen LogP contribution in [0, 0.1) is 0 Å². The van der Waals surface area contributed by atoms with Crippen LogP contribution in [0.15, 0.2) is 29.4 Å². The van der Waals surface area contributed by atoms with Crippen molar-refractivity contribution in [2.24, 2.45) is 0 Å². The first kappa shape index (κ1) is 17.8. The molecule has 8 nitrogen and oxygen atoms in total. The van der Waals surface area contributed by atoms with Gasteiger partial charge in [-0.05, 0) is 32.0 Å². The summed E-state index contributed by atoms with van der Waals surface area (Å²) in [5.41, 5.74) is 6.55. The number of nitrogen functional groups attached to an aromatic ring is 1. The fraction of sp³-hybridized carbons (Fsp3) is 0.333. The summed E-state index contributed by atoms with van der Waals surface area (Å²) in [7, 11) is 0. The molecule has 128 valence electrons. The number of nitrogens with zero attached hydrogens (tertiary/aromatic N) is 3. The van der Waals surface area contributed by atoms with Crippen LogP contribution in [0.5, 0.6) is 0 Å². The molecule has 9 heteroatoms. The molecule has 0 aliphatic carbocycles. The van der Waals surface area contributed by atoms with Gasteiger partial charge in [-0.3, -0.25) is 9.59 Å². The molecule has 24 heavy (non-hydrogen) atoms. The lowest BCUT2D eigenvalue weighted by molar-refractivity contribution is -0.113. The van der Waals surface area contributed by atoms with Crippen LogP contribution in [0.1, 0.15) is 24.2 Å². The molecule has 0 unspecified atom stereocenters. The molecule has 0 fully saturated rings. The first-order valence-electron chi connectivity index (χ1n) is 7.53. The molecule has 2 amide bonds. The lowest BCUT2D eigenvalue weighted by Crippen LogP contribution is -2.30. The quantitative estimate of drug-likeness (QED) is 0.654. The predicted molar refractivity (Wildman–Crippen MR) is 93.8 cm³/mol. The largest absolute Gasteiger partial charge is 0.368 e. The van der Waals surface area contributed by atoms with Crippen LogP contribution >= 0.6 is 11.8 Å². The van der Waals surface area contributed by atoms with Crippen molar-refractivity contribution >= 4 is 35.2 Å². The van der Waals surface area contributed by atoms with Crippen molar-refractivity contribution in [3.8, 4) is 0 Å². The number of carbonyl (C=O) groups is 2. The van der Waals surface area contributed by atoms with Gasteiger partial charge in [-0.1, -0.05) is 17.8 Å². The Hall–Kier alpha value is -2.55. The highest BCUT2D eigenvalue weighted by Gasteiger charge is 2.13. The highest BCUT2D eigenvalue weighted by Crippen LogP contribution is 2.16. The van der Waals surface area contributed by atoms with Crippen LogP contribution < -0.4 is 11.1 Å². The van der Waals surface area contributed by atoms with Gasteiger partial charge >= 0.3 is 0 Å². The number of amides is 2. The number of rotatable bonds is 7. The third kappa shape index (κ3) is 4.72. The second-order valence-corrected chi connectivity index (χ2v) is 5.84. The van der Waals surface area contributed by atoms with Crippen molar-refractivity contribution in [2.45, 2.75) is 19.0 Å². The van der Waals surface area contributed by atoms with Gasteiger partial charge in [0.25, 0.3) is 5.91 Å². The second-order valence-electron chi connectivity index (χ2n) is 4.90. The van der Waals surface area contributed by atoms with Crippen molar-refractivity contribution in [2.75, 3.05) is 29.9 Å². The molecule has 0 atom stereocenters. The molecule has 1 aromatic carbocycles. The number of thioether (sulfide) groups is 1. The lowest BCUT2D eigenvalue weighted by atomic mass is 10.1. The summed E-state index contributed by atoms with van der Waals surface area (Å²) in [5, 5.41) is 9.52. The number of H-pyrrole nitrogens is 1. The normalized spacial score (nSPS) is 10.4. The zero-order chi connectivity index (χ0) is 17.5. The SMILES string of the molecule is CCN(CC)C(=O)c1cccc(NC(=O)CSc2n[nH]c(N)n2)c1. The molecule has 0 saturated carbocycles. The summed E-state index contributed by atoms with van der Waals surface area (Å²) in [6.07, 6.45) is 0. The summed E-state index contributed by atoms with van der Waals surface area (Å²) in [5.74, 6) is 0.0870. The molecule has 1 heterocycles. The second kappa shape index (κ2) is 8.34. The van der Waals surface area contributed by atoms with E-state index in [1.54, 1.807) is 29.2 Å². The molecule has 0 saturated heterocycles. The van der Waals surface area contributed by atoms with E-state index < -0.39 is 0 Å². The number of nitrogens with two attached hydrogens (primary N) is 1. The zero-order valence-electron chi connectivity index (χ0n) is 13.6. The van der Waals surface area contributed by atoms with Crippen LogP contribution in [0.3, 0.4) is 0 Å². The highest BCUT2D eigenvalue weighted by atomic mass is 32.2. The minimum absolute atomic E-state index is 0.0540. The Labute approximate surface area is 144 Å². The van der Waals surface area contributed by atoms with Crippen molar-refractivity contribution in [1.29, 1.82) is 0 Å². The topological polar surface area (TPSA) is 117 Å². The van der Waals surface area contributed by atoms with E-state index in [-0.39, 0.29) is 23.5 Å². The van der Waals surface area contributed by atoms with Gasteiger partial charge in [0.15, 0.2) is 0 Å². The maximum Gasteiger partial charge on any atom is 0.253 e. The summed E-state index contributed by atoms with van der Waals surface area (Å²) < 4.78 is 0. The summed E-state index contributed by atoms with van der Waals surface area (Å²) in [6, 6.07) is 6.90. The number of aromatic nitrogens is 3. The van der Waals surface area contributed by atoms with E-state index in [0.717, 1.165) is 0 Å². The van der Waals surface area contributed by atoms with Crippen molar-refractivity contribution < 1.29 is 9.59 Å². The van der Waals surface area contributed by atoms with Gasteiger partial charge in [0.2, 0.25) is 17.0 Å². The third-order valence-corrected chi connectivity index (χ3v) is 4.11. The van der Waals surface area contributed by atoms with Crippen LogP contribution in [0.25, 0.3) is 0 Å². The number of aromatic amines is 1. The van der Waals surface area contributed by atoms with E-state index in [4.69, 9.17) is 5.73 Å². The Morgan fingerprint density at radius 3 is 2.71 bits per heavy atom. The van der Waals surface area contributed by atoms with Crippen molar-refractivity contribution in [3.05, 3.63) is 29.8 Å². The van der Waals surface area contributed by atoms with Gasteiger partial charge in [-0.2, -0.15) is 4.98 Å². The zero-order valence-corrected chi connectivity index (χ0v) is 14.4. The van der Waals surface area contributed by atoms with E-state index in [9.17, 15) is 9.59 Å². The molecule has 1 aromatic heterocycles. The molecule has 0 aliphatic rings. The maximum atomic E-state index is 12.3. The van der Waals surface area contributed by atoms with Gasteiger partial charge in [0, 0.05) is 24.3 Å². The summed E-state index contributed by atoms with van der Waals surface area (Å²) in [4.78, 5) is 30.0. The summed E-state index contributed by atoms with van der Waals surface area (Å²) in [6.45, 7) is 5.14. The van der Waals surface area contributed by atoms with Crippen LogP contribution in [0.4, 0.5) is 11.6 Å². The number of hydrogen-bond donors (Lipinski definition) is 3. The van der Waals surface area contributed by atoms with Gasteiger partial charge in [-0.25, -0.2) is 5.10 Å².